The number of benzene rings is 4. The van der Waals surface area contributed by atoms with Gasteiger partial charge in [-0.2, -0.15) is 0 Å². The van der Waals surface area contributed by atoms with Crippen LogP contribution in [0.3, 0.4) is 0 Å². The predicted octanol–water partition coefficient (Wildman–Crippen LogP) is 7.38. The number of aromatic nitrogens is 3. The highest BCUT2D eigenvalue weighted by atomic mass is 35.5. The molecule has 1 atom stereocenters. The molecule has 0 spiro atoms. The van der Waals surface area contributed by atoms with Gasteiger partial charge in [0, 0.05) is 27.8 Å². The molecule has 0 saturated heterocycles. The lowest BCUT2D eigenvalue weighted by atomic mass is 10.2. The number of nitrogens with zero attached hydrogens (tertiary/aromatic N) is 4. The molecule has 1 N–H and O–H groups in total. The maximum atomic E-state index is 13.9. The van der Waals surface area contributed by atoms with Crippen molar-refractivity contribution in [2.75, 3.05) is 10.2 Å². The average Bonchev–Trinajstić information content (AvgIpc) is 3.36. The molecule has 0 aliphatic heterocycles. The standard InChI is InChI=1S/C30H26ClN5OS/c1-22(29(37)35(25-11-5-2-6-12-25)26-13-7-3-8-14-26)38-30-34-33-28(36(30)27-15-9-4-10-16-27)21-32-24-19-17-23(31)18-20-24/h2-20,22,32H,21H2,1H3. The summed E-state index contributed by atoms with van der Waals surface area (Å²) < 4.78 is 1.99. The molecule has 5 rings (SSSR count). The minimum absolute atomic E-state index is 0.0455. The summed E-state index contributed by atoms with van der Waals surface area (Å²) in [5.74, 6) is 0.687. The summed E-state index contributed by atoms with van der Waals surface area (Å²) >= 11 is 7.41. The zero-order chi connectivity index (χ0) is 26.3. The lowest BCUT2D eigenvalue weighted by Crippen LogP contribution is -2.33. The zero-order valence-electron chi connectivity index (χ0n) is 20.7. The van der Waals surface area contributed by atoms with Crippen molar-refractivity contribution in [3.63, 3.8) is 0 Å². The van der Waals surface area contributed by atoms with E-state index in [1.807, 2.05) is 127 Å². The van der Waals surface area contributed by atoms with Crippen LogP contribution in [0.15, 0.2) is 120 Å². The molecule has 4 aromatic carbocycles. The molecule has 1 heterocycles. The molecule has 1 aromatic heterocycles. The number of carbonyl (C=O) groups is 1. The fraction of sp³-hybridized carbons (Fsp3) is 0.100. The van der Waals surface area contributed by atoms with Crippen molar-refractivity contribution in [3.05, 3.63) is 126 Å². The number of hydrogen-bond acceptors (Lipinski definition) is 5. The fourth-order valence-corrected chi connectivity index (χ4v) is 5.08. The van der Waals surface area contributed by atoms with Crippen molar-refractivity contribution in [1.29, 1.82) is 0 Å². The first-order valence-electron chi connectivity index (χ1n) is 12.2. The molecule has 0 aliphatic rings. The number of anilines is 3. The van der Waals surface area contributed by atoms with Crippen molar-refractivity contribution < 1.29 is 4.79 Å². The first-order valence-corrected chi connectivity index (χ1v) is 13.5. The maximum Gasteiger partial charge on any atom is 0.244 e. The summed E-state index contributed by atoms with van der Waals surface area (Å²) in [6.07, 6.45) is 0. The van der Waals surface area contributed by atoms with Crippen LogP contribution in [0, 0.1) is 0 Å². The molecule has 1 unspecified atom stereocenters. The summed E-state index contributed by atoms with van der Waals surface area (Å²) in [4.78, 5) is 15.6. The Morgan fingerprint density at radius 1 is 0.842 bits per heavy atom. The Labute approximate surface area is 231 Å². The summed E-state index contributed by atoms with van der Waals surface area (Å²) in [6.45, 7) is 2.36. The number of para-hydroxylation sites is 3. The average molecular weight is 540 g/mol. The van der Waals surface area contributed by atoms with Gasteiger partial charge in [-0.15, -0.1) is 10.2 Å². The Morgan fingerprint density at radius 3 is 1.97 bits per heavy atom. The van der Waals surface area contributed by atoms with E-state index in [0.29, 0.717) is 16.7 Å². The van der Waals surface area contributed by atoms with E-state index >= 15 is 0 Å². The molecular weight excluding hydrogens is 514 g/mol. The zero-order valence-corrected chi connectivity index (χ0v) is 22.3. The number of rotatable bonds is 9. The molecule has 0 radical (unpaired) electrons. The third-order valence-electron chi connectivity index (χ3n) is 5.89. The molecule has 6 nitrogen and oxygen atoms in total. The Bertz CT molecular complexity index is 1440. The highest BCUT2D eigenvalue weighted by molar-refractivity contribution is 8.00. The van der Waals surface area contributed by atoms with E-state index in [9.17, 15) is 4.79 Å². The lowest BCUT2D eigenvalue weighted by molar-refractivity contribution is -0.117. The van der Waals surface area contributed by atoms with Gasteiger partial charge in [0.05, 0.1) is 11.8 Å². The van der Waals surface area contributed by atoms with E-state index in [-0.39, 0.29) is 5.91 Å². The van der Waals surface area contributed by atoms with Crippen molar-refractivity contribution in [2.45, 2.75) is 23.9 Å². The van der Waals surface area contributed by atoms with Crippen molar-refractivity contribution >= 4 is 46.3 Å². The summed E-state index contributed by atoms with van der Waals surface area (Å²) in [5.41, 5.74) is 3.48. The maximum absolute atomic E-state index is 13.9. The van der Waals surface area contributed by atoms with E-state index in [1.54, 1.807) is 4.90 Å². The number of halogens is 1. The second-order valence-electron chi connectivity index (χ2n) is 8.54. The third-order valence-corrected chi connectivity index (χ3v) is 7.17. The molecule has 1 amide bonds. The molecule has 5 aromatic rings. The third kappa shape index (κ3) is 5.90. The molecule has 0 saturated carbocycles. The van der Waals surface area contributed by atoms with Crippen LogP contribution in [0.2, 0.25) is 5.02 Å². The number of thioether (sulfide) groups is 1. The summed E-state index contributed by atoms with van der Waals surface area (Å²) in [7, 11) is 0. The number of nitrogens with one attached hydrogen (secondary N) is 1. The Balaban J connectivity index is 1.43. The quantitative estimate of drug-likeness (QED) is 0.198. The van der Waals surface area contributed by atoms with Gasteiger partial charge in [-0.05, 0) is 67.6 Å². The van der Waals surface area contributed by atoms with Crippen molar-refractivity contribution in [1.82, 2.24) is 14.8 Å². The van der Waals surface area contributed by atoms with E-state index in [0.717, 1.165) is 28.6 Å². The molecule has 8 heteroatoms. The first kappa shape index (κ1) is 25.6. The van der Waals surface area contributed by atoms with E-state index < -0.39 is 5.25 Å². The van der Waals surface area contributed by atoms with Crippen molar-refractivity contribution in [3.8, 4) is 5.69 Å². The Kier molecular flexibility index (Phi) is 8.06. The summed E-state index contributed by atoms with van der Waals surface area (Å²) in [6, 6.07) is 36.8. The lowest BCUT2D eigenvalue weighted by Gasteiger charge is -2.26. The topological polar surface area (TPSA) is 63.1 Å². The largest absolute Gasteiger partial charge is 0.378 e. The van der Waals surface area contributed by atoms with Gasteiger partial charge in [0.25, 0.3) is 0 Å². The van der Waals surface area contributed by atoms with Crippen LogP contribution in [0.25, 0.3) is 5.69 Å². The highest BCUT2D eigenvalue weighted by Crippen LogP contribution is 2.32. The molecule has 0 aliphatic carbocycles. The van der Waals surface area contributed by atoms with Crippen molar-refractivity contribution in [2.24, 2.45) is 0 Å². The Morgan fingerprint density at radius 2 is 1.39 bits per heavy atom. The van der Waals surface area contributed by atoms with Gasteiger partial charge in [0.15, 0.2) is 11.0 Å². The van der Waals surface area contributed by atoms with Gasteiger partial charge >= 0.3 is 0 Å². The van der Waals surface area contributed by atoms with Crippen LogP contribution in [-0.4, -0.2) is 25.9 Å². The smallest absolute Gasteiger partial charge is 0.244 e. The van der Waals surface area contributed by atoms with E-state index in [1.165, 1.54) is 11.8 Å². The Hall–Kier alpha value is -4.07. The number of hydrogen-bond donors (Lipinski definition) is 1. The second kappa shape index (κ2) is 12.0. The predicted molar refractivity (Wildman–Crippen MR) is 155 cm³/mol. The minimum Gasteiger partial charge on any atom is -0.378 e. The highest BCUT2D eigenvalue weighted by Gasteiger charge is 2.27. The van der Waals surface area contributed by atoms with Gasteiger partial charge < -0.3 is 5.32 Å². The summed E-state index contributed by atoms with van der Waals surface area (Å²) in [5, 5.41) is 13.2. The first-order chi connectivity index (χ1) is 18.6. The number of carbonyl (C=O) groups excluding carboxylic acids is 1. The van der Waals surface area contributed by atoms with Gasteiger partial charge in [0.1, 0.15) is 0 Å². The normalized spacial score (nSPS) is 11.6. The molecule has 0 bridgehead atoms. The minimum atomic E-state index is -0.431. The monoisotopic (exact) mass is 539 g/mol. The van der Waals surface area contributed by atoms with E-state index in [4.69, 9.17) is 11.6 Å². The SMILES string of the molecule is CC(Sc1nnc(CNc2ccc(Cl)cc2)n1-c1ccccc1)C(=O)N(c1ccccc1)c1ccccc1. The molecule has 38 heavy (non-hydrogen) atoms. The molecular formula is C30H26ClN5OS. The van der Waals surface area contributed by atoms with Crippen LogP contribution < -0.4 is 10.2 Å². The van der Waals surface area contributed by atoms with Gasteiger partial charge in [0.2, 0.25) is 5.91 Å². The van der Waals surface area contributed by atoms with Crippen LogP contribution in [0.5, 0.6) is 0 Å². The second-order valence-corrected chi connectivity index (χ2v) is 10.3. The van der Waals surface area contributed by atoms with Gasteiger partial charge in [-0.25, -0.2) is 0 Å². The fourth-order valence-electron chi connectivity index (χ4n) is 4.02. The molecule has 190 valence electrons. The van der Waals surface area contributed by atoms with Crippen LogP contribution in [0.4, 0.5) is 17.1 Å². The number of amides is 1. The van der Waals surface area contributed by atoms with E-state index in [2.05, 4.69) is 15.5 Å². The van der Waals surface area contributed by atoms with Crippen LogP contribution >= 0.6 is 23.4 Å². The van der Waals surface area contributed by atoms with Crippen LogP contribution in [-0.2, 0) is 11.3 Å². The van der Waals surface area contributed by atoms with Crippen LogP contribution in [0.1, 0.15) is 12.7 Å². The van der Waals surface area contributed by atoms with Gasteiger partial charge in [-0.3, -0.25) is 14.3 Å². The molecule has 0 fully saturated rings. The van der Waals surface area contributed by atoms with Gasteiger partial charge in [-0.1, -0.05) is 78.0 Å².